The zero-order valence-corrected chi connectivity index (χ0v) is 15.7. The Morgan fingerprint density at radius 1 is 1.20 bits per heavy atom. The lowest BCUT2D eigenvalue weighted by molar-refractivity contribution is -0.130. The largest absolute Gasteiger partial charge is 0.496 e. The van der Waals surface area contributed by atoms with Gasteiger partial charge < -0.3 is 15.0 Å². The van der Waals surface area contributed by atoms with Crippen molar-refractivity contribution >= 4 is 24.1 Å². The molecule has 138 valence electrons. The number of carbonyl (C=O) groups excluding carboxylic acids is 2. The van der Waals surface area contributed by atoms with Gasteiger partial charge in [0.25, 0.3) is 0 Å². The molecule has 2 aliphatic heterocycles. The fourth-order valence-electron chi connectivity index (χ4n) is 3.88. The molecule has 0 unspecified atom stereocenters. The molecule has 2 saturated heterocycles. The van der Waals surface area contributed by atoms with E-state index in [0.717, 1.165) is 44.6 Å². The molecule has 2 fully saturated rings. The number of nitrogens with one attached hydrogen (secondary N) is 1. The van der Waals surface area contributed by atoms with Crippen LogP contribution in [0.25, 0.3) is 0 Å². The van der Waals surface area contributed by atoms with Crippen molar-refractivity contribution in [3.8, 4) is 5.75 Å². The number of likely N-dealkylation sites (tertiary alicyclic amines) is 1. The summed E-state index contributed by atoms with van der Waals surface area (Å²) in [7, 11) is 1.59. The Balaban J connectivity index is 0.00000225. The fourth-order valence-corrected chi connectivity index (χ4v) is 3.88. The van der Waals surface area contributed by atoms with Crippen LogP contribution in [0.2, 0.25) is 0 Å². The molecule has 0 spiro atoms. The van der Waals surface area contributed by atoms with Crippen LogP contribution in [0.4, 0.5) is 0 Å². The van der Waals surface area contributed by atoms with E-state index in [-0.39, 0.29) is 30.5 Å². The van der Waals surface area contributed by atoms with Gasteiger partial charge in [0.05, 0.1) is 13.5 Å². The summed E-state index contributed by atoms with van der Waals surface area (Å²) in [6, 6.07) is 5.31. The number of hydrogen-bond donors (Lipinski definition) is 1. The smallest absolute Gasteiger partial charge is 0.227 e. The zero-order valence-electron chi connectivity index (χ0n) is 14.9. The van der Waals surface area contributed by atoms with E-state index < -0.39 is 0 Å². The Morgan fingerprint density at radius 3 is 2.40 bits per heavy atom. The molecular weight excluding hydrogens is 340 g/mol. The highest BCUT2D eigenvalue weighted by molar-refractivity contribution is 5.94. The molecule has 25 heavy (non-hydrogen) atoms. The highest BCUT2D eigenvalue weighted by Crippen LogP contribution is 2.28. The molecule has 6 heteroatoms. The molecule has 3 rings (SSSR count). The number of nitrogens with zero attached hydrogens (tertiary/aromatic N) is 1. The van der Waals surface area contributed by atoms with Gasteiger partial charge in [-0.05, 0) is 62.9 Å². The number of benzene rings is 1. The first-order valence-corrected chi connectivity index (χ1v) is 8.75. The van der Waals surface area contributed by atoms with Gasteiger partial charge in [-0.15, -0.1) is 12.4 Å². The lowest BCUT2D eigenvalue weighted by atomic mass is 9.92. The SMILES string of the molecule is COc1ccc(C(C)=O)cc1CC(=O)N1CC[C@@H]2CNC[C@@H]2CC1.Cl. The third-order valence-electron chi connectivity index (χ3n) is 5.40. The number of rotatable bonds is 4. The quantitative estimate of drug-likeness (QED) is 0.831. The minimum atomic E-state index is 0. The molecule has 0 saturated carbocycles. The van der Waals surface area contributed by atoms with Crippen molar-refractivity contribution in [2.24, 2.45) is 11.8 Å². The van der Waals surface area contributed by atoms with Crippen LogP contribution in [0, 0.1) is 11.8 Å². The minimum absolute atomic E-state index is 0. The van der Waals surface area contributed by atoms with E-state index in [4.69, 9.17) is 4.74 Å². The lowest BCUT2D eigenvalue weighted by Crippen LogP contribution is -2.34. The van der Waals surface area contributed by atoms with Crippen LogP contribution in [0.15, 0.2) is 18.2 Å². The van der Waals surface area contributed by atoms with E-state index >= 15 is 0 Å². The van der Waals surface area contributed by atoms with E-state index in [1.165, 1.54) is 6.92 Å². The number of ether oxygens (including phenoxy) is 1. The summed E-state index contributed by atoms with van der Waals surface area (Å²) in [5, 5.41) is 3.46. The third kappa shape index (κ3) is 4.53. The van der Waals surface area contributed by atoms with Crippen LogP contribution in [0.5, 0.6) is 5.75 Å². The van der Waals surface area contributed by atoms with Gasteiger partial charge in [-0.3, -0.25) is 9.59 Å². The van der Waals surface area contributed by atoms with Gasteiger partial charge in [-0.1, -0.05) is 0 Å². The van der Waals surface area contributed by atoms with E-state index in [0.29, 0.717) is 23.1 Å². The van der Waals surface area contributed by atoms with E-state index in [1.54, 1.807) is 25.3 Å². The molecular formula is C19H27ClN2O3. The van der Waals surface area contributed by atoms with Crippen LogP contribution in [0.1, 0.15) is 35.7 Å². The van der Waals surface area contributed by atoms with Crippen LogP contribution in [-0.2, 0) is 11.2 Å². The molecule has 0 aliphatic carbocycles. The minimum Gasteiger partial charge on any atom is -0.496 e. The van der Waals surface area contributed by atoms with Gasteiger partial charge in [0.2, 0.25) is 5.91 Å². The molecule has 1 amide bonds. The average molecular weight is 367 g/mol. The Morgan fingerprint density at radius 2 is 1.84 bits per heavy atom. The summed E-state index contributed by atoms with van der Waals surface area (Å²) in [5.74, 6) is 2.21. The number of halogens is 1. The second kappa shape index (κ2) is 8.68. The first kappa shape index (κ1) is 19.7. The van der Waals surface area contributed by atoms with E-state index in [1.807, 2.05) is 4.90 Å². The second-order valence-corrected chi connectivity index (χ2v) is 6.90. The predicted octanol–water partition coefficient (Wildman–Crippen LogP) is 2.32. The molecule has 5 nitrogen and oxygen atoms in total. The van der Waals surface area contributed by atoms with Crippen molar-refractivity contribution in [1.82, 2.24) is 10.2 Å². The predicted molar refractivity (Wildman–Crippen MR) is 99.6 cm³/mol. The van der Waals surface area contributed by atoms with Gasteiger partial charge >= 0.3 is 0 Å². The van der Waals surface area contributed by atoms with E-state index in [2.05, 4.69) is 5.32 Å². The fraction of sp³-hybridized carbons (Fsp3) is 0.579. The molecule has 2 heterocycles. The van der Waals surface area contributed by atoms with Crippen molar-refractivity contribution in [3.05, 3.63) is 29.3 Å². The summed E-state index contributed by atoms with van der Waals surface area (Å²) in [4.78, 5) is 26.3. The number of amides is 1. The van der Waals surface area contributed by atoms with Crippen LogP contribution in [-0.4, -0.2) is 49.9 Å². The Hall–Kier alpha value is -1.59. The Kier molecular flexibility index (Phi) is 6.85. The number of Topliss-reactive ketones (excluding diaryl/α,β-unsaturated/α-hetero) is 1. The molecule has 0 aromatic heterocycles. The summed E-state index contributed by atoms with van der Waals surface area (Å²) in [6.07, 6.45) is 2.44. The molecule has 2 aliphatic rings. The number of methoxy groups -OCH3 is 1. The first-order chi connectivity index (χ1) is 11.6. The highest BCUT2D eigenvalue weighted by atomic mass is 35.5. The number of hydrogen-bond acceptors (Lipinski definition) is 4. The van der Waals surface area contributed by atoms with Crippen LogP contribution >= 0.6 is 12.4 Å². The normalized spacial score (nSPS) is 22.6. The van der Waals surface area contributed by atoms with Crippen molar-refractivity contribution in [2.75, 3.05) is 33.3 Å². The van der Waals surface area contributed by atoms with Gasteiger partial charge in [-0.25, -0.2) is 0 Å². The molecule has 0 bridgehead atoms. The summed E-state index contributed by atoms with van der Waals surface area (Å²) >= 11 is 0. The maximum absolute atomic E-state index is 12.8. The summed E-state index contributed by atoms with van der Waals surface area (Å²) in [5.41, 5.74) is 1.41. The van der Waals surface area contributed by atoms with Crippen molar-refractivity contribution < 1.29 is 14.3 Å². The lowest BCUT2D eigenvalue weighted by Gasteiger charge is -2.21. The number of fused-ring (bicyclic) bond motifs is 1. The average Bonchev–Trinajstić information content (AvgIpc) is 2.92. The third-order valence-corrected chi connectivity index (χ3v) is 5.40. The molecule has 0 radical (unpaired) electrons. The molecule has 2 atom stereocenters. The van der Waals surface area contributed by atoms with Crippen molar-refractivity contribution in [2.45, 2.75) is 26.2 Å². The van der Waals surface area contributed by atoms with Gasteiger partial charge in [0, 0.05) is 24.2 Å². The standard InChI is InChI=1S/C19H26N2O3.ClH/c1-13(22)14-3-4-18(24-2)17(9-14)10-19(23)21-7-5-15-11-20-12-16(15)6-8-21;/h3-4,9,15-16,20H,5-8,10-12H2,1-2H3;1H/t15-,16+;. The zero-order chi connectivity index (χ0) is 17.1. The van der Waals surface area contributed by atoms with Crippen LogP contribution < -0.4 is 10.1 Å². The monoisotopic (exact) mass is 366 g/mol. The van der Waals surface area contributed by atoms with Gasteiger partial charge in [0.15, 0.2) is 5.78 Å². The number of carbonyl (C=O) groups is 2. The number of ketones is 1. The first-order valence-electron chi connectivity index (χ1n) is 8.75. The Bertz CT molecular complexity index is 621. The molecule has 1 aromatic rings. The van der Waals surface area contributed by atoms with Crippen molar-refractivity contribution in [1.29, 1.82) is 0 Å². The summed E-state index contributed by atoms with van der Waals surface area (Å²) < 4.78 is 5.36. The van der Waals surface area contributed by atoms with Gasteiger partial charge in [0.1, 0.15) is 5.75 Å². The molecule has 1 aromatic carbocycles. The molecule has 1 N–H and O–H groups in total. The van der Waals surface area contributed by atoms with Gasteiger partial charge in [-0.2, -0.15) is 0 Å². The topological polar surface area (TPSA) is 58.6 Å². The maximum Gasteiger partial charge on any atom is 0.227 e. The van der Waals surface area contributed by atoms with Crippen LogP contribution in [0.3, 0.4) is 0 Å². The second-order valence-electron chi connectivity index (χ2n) is 6.90. The van der Waals surface area contributed by atoms with Crippen molar-refractivity contribution in [3.63, 3.8) is 0 Å². The summed E-state index contributed by atoms with van der Waals surface area (Å²) in [6.45, 7) is 5.37. The maximum atomic E-state index is 12.8. The Labute approximate surface area is 155 Å². The van der Waals surface area contributed by atoms with E-state index in [9.17, 15) is 9.59 Å². The highest BCUT2D eigenvalue weighted by Gasteiger charge is 2.31.